The molecule has 0 saturated carbocycles. The van der Waals surface area contributed by atoms with Crippen LogP contribution in [0.15, 0.2) is 45.3 Å². The van der Waals surface area contributed by atoms with Gasteiger partial charge in [-0.2, -0.15) is 0 Å². The fourth-order valence-corrected chi connectivity index (χ4v) is 2.32. The number of carbonyl (C=O) groups excluding carboxylic acids is 1. The number of nitrogens with one attached hydrogen (secondary N) is 1. The Morgan fingerprint density at radius 3 is 2.53 bits per heavy atom. The summed E-state index contributed by atoms with van der Waals surface area (Å²) in [5, 5.41) is 2.87. The SMILES string of the molecule is Cc1ccc(Br)c(NC(=O)c2ccc(N)c(Br)c2)c1. The van der Waals surface area contributed by atoms with E-state index in [0.717, 1.165) is 15.7 Å². The second-order valence-electron chi connectivity index (χ2n) is 4.17. The van der Waals surface area contributed by atoms with Gasteiger partial charge in [-0.3, -0.25) is 4.79 Å². The summed E-state index contributed by atoms with van der Waals surface area (Å²) in [5.41, 5.74) is 8.68. The summed E-state index contributed by atoms with van der Waals surface area (Å²) in [7, 11) is 0. The molecule has 19 heavy (non-hydrogen) atoms. The number of rotatable bonds is 2. The molecule has 1 amide bonds. The van der Waals surface area contributed by atoms with Gasteiger partial charge in [0, 0.05) is 20.2 Å². The molecule has 2 aromatic rings. The van der Waals surface area contributed by atoms with Crippen molar-refractivity contribution in [1.29, 1.82) is 0 Å². The molecule has 3 nitrogen and oxygen atoms in total. The quantitative estimate of drug-likeness (QED) is 0.757. The lowest BCUT2D eigenvalue weighted by molar-refractivity contribution is 0.102. The largest absolute Gasteiger partial charge is 0.398 e. The zero-order chi connectivity index (χ0) is 14.0. The number of carbonyl (C=O) groups is 1. The van der Waals surface area contributed by atoms with Gasteiger partial charge < -0.3 is 11.1 Å². The molecule has 0 aliphatic heterocycles. The first-order valence-electron chi connectivity index (χ1n) is 5.60. The lowest BCUT2D eigenvalue weighted by Crippen LogP contribution is -2.12. The van der Waals surface area contributed by atoms with Gasteiger partial charge in [0.25, 0.3) is 5.91 Å². The molecule has 0 unspecified atom stereocenters. The molecule has 0 aliphatic carbocycles. The normalized spacial score (nSPS) is 10.3. The minimum atomic E-state index is -0.174. The average molecular weight is 384 g/mol. The van der Waals surface area contributed by atoms with Crippen molar-refractivity contribution < 1.29 is 4.79 Å². The first kappa shape index (κ1) is 14.1. The van der Waals surface area contributed by atoms with E-state index in [2.05, 4.69) is 37.2 Å². The number of halogens is 2. The maximum absolute atomic E-state index is 12.1. The fourth-order valence-electron chi connectivity index (χ4n) is 1.60. The number of anilines is 2. The molecule has 5 heteroatoms. The van der Waals surface area contributed by atoms with Gasteiger partial charge in [0.1, 0.15) is 0 Å². The maximum Gasteiger partial charge on any atom is 0.255 e. The number of hydrogen-bond donors (Lipinski definition) is 2. The monoisotopic (exact) mass is 382 g/mol. The van der Waals surface area contributed by atoms with Gasteiger partial charge in [-0.1, -0.05) is 6.07 Å². The van der Waals surface area contributed by atoms with E-state index >= 15 is 0 Å². The van der Waals surface area contributed by atoms with Gasteiger partial charge in [-0.05, 0) is 74.7 Å². The van der Waals surface area contributed by atoms with Crippen LogP contribution in [0.5, 0.6) is 0 Å². The predicted octanol–water partition coefficient (Wildman–Crippen LogP) is 4.35. The Morgan fingerprint density at radius 1 is 1.11 bits per heavy atom. The van der Waals surface area contributed by atoms with E-state index in [1.54, 1.807) is 18.2 Å². The third-order valence-electron chi connectivity index (χ3n) is 2.63. The number of benzene rings is 2. The van der Waals surface area contributed by atoms with Crippen LogP contribution in [0.25, 0.3) is 0 Å². The summed E-state index contributed by atoms with van der Waals surface area (Å²) in [4.78, 5) is 12.1. The van der Waals surface area contributed by atoms with E-state index in [1.807, 2.05) is 25.1 Å². The summed E-state index contributed by atoms with van der Waals surface area (Å²) in [6.07, 6.45) is 0. The lowest BCUT2D eigenvalue weighted by atomic mass is 10.1. The predicted molar refractivity (Wildman–Crippen MR) is 85.4 cm³/mol. The highest BCUT2D eigenvalue weighted by molar-refractivity contribution is 9.11. The van der Waals surface area contributed by atoms with Gasteiger partial charge in [-0.25, -0.2) is 0 Å². The summed E-state index contributed by atoms with van der Waals surface area (Å²) < 4.78 is 1.56. The van der Waals surface area contributed by atoms with Crippen LogP contribution >= 0.6 is 31.9 Å². The molecule has 0 atom stereocenters. The Bertz CT molecular complexity index is 641. The Labute approximate surface area is 128 Å². The highest BCUT2D eigenvalue weighted by Gasteiger charge is 2.09. The van der Waals surface area contributed by atoms with E-state index < -0.39 is 0 Å². The van der Waals surface area contributed by atoms with Crippen molar-refractivity contribution in [1.82, 2.24) is 0 Å². The van der Waals surface area contributed by atoms with Crippen LogP contribution in [0.4, 0.5) is 11.4 Å². The highest BCUT2D eigenvalue weighted by atomic mass is 79.9. The van der Waals surface area contributed by atoms with Crippen molar-refractivity contribution in [3.8, 4) is 0 Å². The van der Waals surface area contributed by atoms with Crippen LogP contribution in [0.2, 0.25) is 0 Å². The Hall–Kier alpha value is -1.33. The minimum absolute atomic E-state index is 0.174. The first-order valence-corrected chi connectivity index (χ1v) is 7.18. The molecule has 2 aromatic carbocycles. The van der Waals surface area contributed by atoms with Crippen molar-refractivity contribution >= 4 is 49.1 Å². The molecule has 0 aliphatic rings. The van der Waals surface area contributed by atoms with Gasteiger partial charge in [-0.15, -0.1) is 0 Å². The topological polar surface area (TPSA) is 55.1 Å². The molecule has 0 bridgehead atoms. The second kappa shape index (κ2) is 5.75. The minimum Gasteiger partial charge on any atom is -0.398 e. The molecule has 0 saturated heterocycles. The van der Waals surface area contributed by atoms with Gasteiger partial charge in [0.05, 0.1) is 5.69 Å². The summed E-state index contributed by atoms with van der Waals surface area (Å²) in [6.45, 7) is 1.97. The third-order valence-corrected chi connectivity index (χ3v) is 4.01. The molecule has 0 radical (unpaired) electrons. The van der Waals surface area contributed by atoms with E-state index in [9.17, 15) is 4.79 Å². The molecule has 0 aromatic heterocycles. The van der Waals surface area contributed by atoms with Crippen molar-refractivity contribution in [3.05, 3.63) is 56.5 Å². The van der Waals surface area contributed by atoms with Gasteiger partial charge >= 0.3 is 0 Å². The molecular formula is C14H12Br2N2O. The number of aryl methyl sites for hydroxylation is 1. The van der Waals surface area contributed by atoms with Gasteiger partial charge in [0.2, 0.25) is 0 Å². The first-order chi connectivity index (χ1) is 8.97. The fraction of sp³-hybridized carbons (Fsp3) is 0.0714. The van der Waals surface area contributed by atoms with E-state index in [-0.39, 0.29) is 5.91 Å². The van der Waals surface area contributed by atoms with Crippen molar-refractivity contribution in [2.24, 2.45) is 0 Å². The molecule has 98 valence electrons. The van der Waals surface area contributed by atoms with Crippen molar-refractivity contribution in [2.75, 3.05) is 11.1 Å². The van der Waals surface area contributed by atoms with E-state index in [0.29, 0.717) is 15.7 Å². The zero-order valence-corrected chi connectivity index (χ0v) is 13.4. The summed E-state index contributed by atoms with van der Waals surface area (Å²) in [6, 6.07) is 10.9. The Morgan fingerprint density at radius 2 is 1.84 bits per heavy atom. The van der Waals surface area contributed by atoms with Crippen LogP contribution in [-0.2, 0) is 0 Å². The zero-order valence-electron chi connectivity index (χ0n) is 10.2. The summed E-state index contributed by atoms with van der Waals surface area (Å²) in [5.74, 6) is -0.174. The van der Waals surface area contributed by atoms with Crippen LogP contribution in [0.1, 0.15) is 15.9 Å². The molecule has 3 N–H and O–H groups in total. The third kappa shape index (κ3) is 3.36. The standard InChI is InChI=1S/C14H12Br2N2O/c1-8-2-4-10(15)13(6-8)18-14(19)9-3-5-12(17)11(16)7-9/h2-7H,17H2,1H3,(H,18,19). The number of nitrogen functional groups attached to an aromatic ring is 1. The van der Waals surface area contributed by atoms with Crippen LogP contribution in [0.3, 0.4) is 0 Å². The van der Waals surface area contributed by atoms with Crippen molar-refractivity contribution in [2.45, 2.75) is 6.92 Å². The highest BCUT2D eigenvalue weighted by Crippen LogP contribution is 2.25. The summed E-state index contributed by atoms with van der Waals surface area (Å²) >= 11 is 6.73. The Kier molecular flexibility index (Phi) is 4.27. The number of hydrogen-bond acceptors (Lipinski definition) is 2. The smallest absolute Gasteiger partial charge is 0.255 e. The number of nitrogens with two attached hydrogens (primary N) is 1. The van der Waals surface area contributed by atoms with Crippen LogP contribution in [0, 0.1) is 6.92 Å². The molecule has 2 rings (SSSR count). The molecule has 0 fully saturated rings. The van der Waals surface area contributed by atoms with Gasteiger partial charge in [0.15, 0.2) is 0 Å². The molecule has 0 heterocycles. The molecular weight excluding hydrogens is 372 g/mol. The second-order valence-corrected chi connectivity index (χ2v) is 5.88. The lowest BCUT2D eigenvalue weighted by Gasteiger charge is -2.09. The van der Waals surface area contributed by atoms with Crippen LogP contribution in [-0.4, -0.2) is 5.91 Å². The maximum atomic E-state index is 12.1. The molecule has 0 spiro atoms. The van der Waals surface area contributed by atoms with Crippen LogP contribution < -0.4 is 11.1 Å². The van der Waals surface area contributed by atoms with Crippen molar-refractivity contribution in [3.63, 3.8) is 0 Å². The average Bonchev–Trinajstić information content (AvgIpc) is 2.37. The van der Waals surface area contributed by atoms with E-state index in [1.165, 1.54) is 0 Å². The van der Waals surface area contributed by atoms with E-state index in [4.69, 9.17) is 5.73 Å². The number of amides is 1. The Balaban J connectivity index is 2.25.